The molecule has 1 atom stereocenters. The van der Waals surface area contributed by atoms with Crippen LogP contribution in [0.3, 0.4) is 0 Å². The van der Waals surface area contributed by atoms with Crippen molar-refractivity contribution in [1.82, 2.24) is 4.90 Å². The van der Waals surface area contributed by atoms with Gasteiger partial charge in [-0.2, -0.15) is 0 Å². The van der Waals surface area contributed by atoms with Gasteiger partial charge in [0.05, 0.1) is 19.3 Å². The van der Waals surface area contributed by atoms with Crippen LogP contribution in [0.4, 0.5) is 11.4 Å². The Hall–Kier alpha value is -3.64. The van der Waals surface area contributed by atoms with Crippen molar-refractivity contribution >= 4 is 23.2 Å². The average molecular weight is 444 g/mol. The molecule has 2 N–H and O–H groups in total. The van der Waals surface area contributed by atoms with Crippen molar-refractivity contribution < 1.29 is 14.3 Å². The molecule has 0 saturated carbocycles. The van der Waals surface area contributed by atoms with E-state index >= 15 is 0 Å². The molecular weight excluding hydrogens is 414 g/mol. The molecule has 0 bridgehead atoms. The highest BCUT2D eigenvalue weighted by atomic mass is 16.5. The molecule has 6 heteroatoms. The SMILES string of the molecule is COc1ccccc1NC(=O)c1ccc(NC(=O)CN(C)[C@@H]2CCCc3ccccc32)cc1. The van der Waals surface area contributed by atoms with Crippen LogP contribution in [-0.2, 0) is 11.2 Å². The van der Waals surface area contributed by atoms with Crippen LogP contribution in [0.15, 0.2) is 72.8 Å². The highest BCUT2D eigenvalue weighted by Gasteiger charge is 2.24. The summed E-state index contributed by atoms with van der Waals surface area (Å²) < 4.78 is 5.27. The maximum Gasteiger partial charge on any atom is 0.255 e. The Morgan fingerprint density at radius 1 is 0.970 bits per heavy atom. The summed E-state index contributed by atoms with van der Waals surface area (Å²) in [5.74, 6) is 0.277. The van der Waals surface area contributed by atoms with E-state index in [1.165, 1.54) is 11.1 Å². The minimum atomic E-state index is -0.243. The minimum Gasteiger partial charge on any atom is -0.495 e. The molecule has 2 amide bonds. The third-order valence-electron chi connectivity index (χ3n) is 6.05. The van der Waals surface area contributed by atoms with Gasteiger partial charge in [-0.1, -0.05) is 36.4 Å². The normalized spacial score (nSPS) is 14.9. The highest BCUT2D eigenvalue weighted by Crippen LogP contribution is 2.33. The first-order chi connectivity index (χ1) is 16.0. The van der Waals surface area contributed by atoms with Gasteiger partial charge in [0, 0.05) is 17.3 Å². The van der Waals surface area contributed by atoms with Gasteiger partial charge in [0.1, 0.15) is 5.75 Å². The van der Waals surface area contributed by atoms with Gasteiger partial charge in [-0.15, -0.1) is 0 Å². The molecule has 0 aromatic heterocycles. The van der Waals surface area contributed by atoms with E-state index in [1.54, 1.807) is 43.5 Å². The van der Waals surface area contributed by atoms with Gasteiger partial charge in [-0.25, -0.2) is 0 Å². The number of hydrogen-bond acceptors (Lipinski definition) is 4. The number of nitrogens with zero attached hydrogens (tertiary/aromatic N) is 1. The number of fused-ring (bicyclic) bond motifs is 1. The van der Waals surface area contributed by atoms with E-state index in [1.807, 2.05) is 19.2 Å². The molecule has 0 aliphatic heterocycles. The number of hydrogen-bond donors (Lipinski definition) is 2. The Balaban J connectivity index is 1.34. The van der Waals surface area contributed by atoms with Crippen LogP contribution >= 0.6 is 0 Å². The molecule has 0 saturated heterocycles. The second-order valence-electron chi connectivity index (χ2n) is 8.30. The van der Waals surface area contributed by atoms with Crippen molar-refractivity contribution in [1.29, 1.82) is 0 Å². The average Bonchev–Trinajstić information content (AvgIpc) is 2.84. The van der Waals surface area contributed by atoms with Crippen LogP contribution in [0.1, 0.15) is 40.4 Å². The quantitative estimate of drug-likeness (QED) is 0.545. The van der Waals surface area contributed by atoms with E-state index in [4.69, 9.17) is 4.74 Å². The van der Waals surface area contributed by atoms with Crippen LogP contribution in [0.2, 0.25) is 0 Å². The van der Waals surface area contributed by atoms with Crippen molar-refractivity contribution in [3.8, 4) is 5.75 Å². The second-order valence-corrected chi connectivity index (χ2v) is 8.30. The highest BCUT2D eigenvalue weighted by molar-refractivity contribution is 6.05. The molecule has 0 fully saturated rings. The fourth-order valence-corrected chi connectivity index (χ4v) is 4.37. The van der Waals surface area contributed by atoms with Crippen LogP contribution in [0.25, 0.3) is 0 Å². The van der Waals surface area contributed by atoms with E-state index in [-0.39, 0.29) is 17.9 Å². The molecule has 0 heterocycles. The van der Waals surface area contributed by atoms with Gasteiger partial charge in [0.15, 0.2) is 0 Å². The van der Waals surface area contributed by atoms with Crippen molar-refractivity contribution in [2.75, 3.05) is 31.3 Å². The van der Waals surface area contributed by atoms with Crippen molar-refractivity contribution in [3.63, 3.8) is 0 Å². The summed E-state index contributed by atoms with van der Waals surface area (Å²) in [6.07, 6.45) is 3.28. The van der Waals surface area contributed by atoms with Crippen LogP contribution in [0, 0.1) is 0 Å². The van der Waals surface area contributed by atoms with Crippen LogP contribution < -0.4 is 15.4 Å². The zero-order valence-corrected chi connectivity index (χ0v) is 19.0. The summed E-state index contributed by atoms with van der Waals surface area (Å²) in [7, 11) is 3.56. The molecule has 1 aliphatic carbocycles. The molecule has 0 spiro atoms. The Bertz CT molecular complexity index is 1130. The van der Waals surface area contributed by atoms with Crippen LogP contribution in [0.5, 0.6) is 5.75 Å². The van der Waals surface area contributed by atoms with Crippen molar-refractivity contribution in [2.24, 2.45) is 0 Å². The smallest absolute Gasteiger partial charge is 0.255 e. The molecular formula is C27H29N3O3. The first-order valence-corrected chi connectivity index (χ1v) is 11.2. The number of methoxy groups -OCH3 is 1. The lowest BCUT2D eigenvalue weighted by molar-refractivity contribution is -0.117. The first-order valence-electron chi connectivity index (χ1n) is 11.2. The van der Waals surface area contributed by atoms with E-state index in [0.29, 0.717) is 29.2 Å². The largest absolute Gasteiger partial charge is 0.495 e. The predicted octanol–water partition coefficient (Wildman–Crippen LogP) is 4.90. The summed E-state index contributed by atoms with van der Waals surface area (Å²) in [5, 5.41) is 5.79. The fourth-order valence-electron chi connectivity index (χ4n) is 4.37. The lowest BCUT2D eigenvalue weighted by Gasteiger charge is -2.32. The topological polar surface area (TPSA) is 70.7 Å². The van der Waals surface area contributed by atoms with Gasteiger partial charge in [-0.05, 0) is 73.8 Å². The number of aryl methyl sites for hydroxylation is 1. The number of carbonyl (C=O) groups is 2. The number of nitrogens with one attached hydrogen (secondary N) is 2. The molecule has 0 unspecified atom stereocenters. The maximum atomic E-state index is 12.7. The molecule has 3 aromatic rings. The maximum absolute atomic E-state index is 12.7. The first kappa shape index (κ1) is 22.6. The number of anilines is 2. The van der Waals surface area contributed by atoms with Gasteiger partial charge in [0.25, 0.3) is 5.91 Å². The summed E-state index contributed by atoms with van der Waals surface area (Å²) in [5.41, 5.74) is 4.46. The summed E-state index contributed by atoms with van der Waals surface area (Å²) in [4.78, 5) is 27.4. The summed E-state index contributed by atoms with van der Waals surface area (Å²) in [6, 6.07) is 22.9. The monoisotopic (exact) mass is 443 g/mol. The fraction of sp³-hybridized carbons (Fsp3) is 0.259. The van der Waals surface area contributed by atoms with E-state index < -0.39 is 0 Å². The van der Waals surface area contributed by atoms with Crippen LogP contribution in [-0.4, -0.2) is 37.4 Å². The number of rotatable bonds is 7. The standard InChI is InChI=1S/C27H29N3O3/c1-30(24-12-7-9-19-8-3-4-10-22(19)24)18-26(31)28-21-16-14-20(15-17-21)27(32)29-23-11-5-6-13-25(23)33-2/h3-6,8,10-11,13-17,24H,7,9,12,18H2,1-2H3,(H,28,31)(H,29,32)/t24-/m1/s1. The van der Waals surface area contributed by atoms with Gasteiger partial charge in [-0.3, -0.25) is 14.5 Å². The Morgan fingerprint density at radius 3 is 2.48 bits per heavy atom. The van der Waals surface area contributed by atoms with Crippen molar-refractivity contribution in [2.45, 2.75) is 25.3 Å². The molecule has 1 aliphatic rings. The zero-order valence-electron chi connectivity index (χ0n) is 19.0. The van der Waals surface area contributed by atoms with E-state index in [0.717, 1.165) is 19.3 Å². The van der Waals surface area contributed by atoms with Gasteiger partial charge < -0.3 is 15.4 Å². The minimum absolute atomic E-state index is 0.0771. The summed E-state index contributed by atoms with van der Waals surface area (Å²) >= 11 is 0. The van der Waals surface area contributed by atoms with Gasteiger partial charge >= 0.3 is 0 Å². The number of para-hydroxylation sites is 2. The molecule has 33 heavy (non-hydrogen) atoms. The lowest BCUT2D eigenvalue weighted by Crippen LogP contribution is -2.34. The second kappa shape index (κ2) is 10.3. The molecule has 4 rings (SSSR count). The number of benzene rings is 3. The number of amides is 2. The Labute approximate surface area is 194 Å². The third-order valence-corrected chi connectivity index (χ3v) is 6.05. The molecule has 3 aromatic carbocycles. The van der Waals surface area contributed by atoms with Crippen molar-refractivity contribution in [3.05, 3.63) is 89.5 Å². The molecule has 170 valence electrons. The summed E-state index contributed by atoms with van der Waals surface area (Å²) in [6.45, 7) is 0.301. The molecule has 6 nitrogen and oxygen atoms in total. The number of ether oxygens (including phenoxy) is 1. The number of carbonyl (C=O) groups excluding carboxylic acids is 2. The third kappa shape index (κ3) is 5.41. The van der Waals surface area contributed by atoms with E-state index in [9.17, 15) is 9.59 Å². The number of likely N-dealkylation sites (N-methyl/N-ethyl adjacent to an activating group) is 1. The predicted molar refractivity (Wildman–Crippen MR) is 131 cm³/mol. The molecule has 0 radical (unpaired) electrons. The lowest BCUT2D eigenvalue weighted by atomic mass is 9.87. The van der Waals surface area contributed by atoms with E-state index in [2.05, 4.69) is 39.8 Å². The zero-order chi connectivity index (χ0) is 23.2. The Morgan fingerprint density at radius 2 is 1.70 bits per heavy atom. The van der Waals surface area contributed by atoms with Gasteiger partial charge in [0.2, 0.25) is 5.91 Å². The Kier molecular flexibility index (Phi) is 7.05.